The van der Waals surface area contributed by atoms with Gasteiger partial charge in [0.05, 0.1) is 16.7 Å². The molecular formula is C47H32N2. The molecule has 1 aliphatic rings. The normalized spacial score (nSPS) is 14.7. The van der Waals surface area contributed by atoms with E-state index in [2.05, 4.69) is 173 Å². The van der Waals surface area contributed by atoms with Gasteiger partial charge in [0.2, 0.25) is 0 Å². The van der Waals surface area contributed by atoms with Crippen molar-refractivity contribution < 1.29 is 0 Å². The van der Waals surface area contributed by atoms with Crippen LogP contribution in [-0.2, 0) is 0 Å². The quantitative estimate of drug-likeness (QED) is 0.178. The van der Waals surface area contributed by atoms with Gasteiger partial charge >= 0.3 is 0 Å². The first-order valence-corrected chi connectivity index (χ1v) is 17.1. The van der Waals surface area contributed by atoms with Crippen molar-refractivity contribution in [3.8, 4) is 16.9 Å². The molecule has 7 aromatic carbocycles. The number of rotatable bonds is 4. The number of hydrogen-bond acceptors (Lipinski definition) is 1. The van der Waals surface area contributed by atoms with E-state index in [1.807, 2.05) is 12.3 Å². The molecule has 0 amide bonds. The highest BCUT2D eigenvalue weighted by atomic mass is 15.0. The van der Waals surface area contributed by atoms with Crippen LogP contribution in [0.3, 0.4) is 0 Å². The molecule has 0 aliphatic heterocycles. The van der Waals surface area contributed by atoms with Crippen LogP contribution >= 0.6 is 0 Å². The summed E-state index contributed by atoms with van der Waals surface area (Å²) in [5, 5.41) is 10.4. The van der Waals surface area contributed by atoms with Crippen LogP contribution in [0, 0.1) is 0 Å². The van der Waals surface area contributed by atoms with Crippen molar-refractivity contribution in [3.63, 3.8) is 0 Å². The molecule has 0 fully saturated rings. The Morgan fingerprint density at radius 1 is 0.490 bits per heavy atom. The topological polar surface area (TPSA) is 17.8 Å². The fourth-order valence-electron chi connectivity index (χ4n) is 8.05. The summed E-state index contributed by atoms with van der Waals surface area (Å²) < 4.78 is 2.39. The van der Waals surface area contributed by atoms with Crippen molar-refractivity contribution in [3.05, 3.63) is 187 Å². The van der Waals surface area contributed by atoms with Crippen LogP contribution in [0.15, 0.2) is 176 Å². The summed E-state index contributed by atoms with van der Waals surface area (Å²) in [4.78, 5) is 4.66. The van der Waals surface area contributed by atoms with Crippen molar-refractivity contribution in [2.45, 2.75) is 12.3 Å². The lowest BCUT2D eigenvalue weighted by Gasteiger charge is -2.21. The van der Waals surface area contributed by atoms with Gasteiger partial charge in [0.15, 0.2) is 0 Å². The predicted molar refractivity (Wildman–Crippen MR) is 207 cm³/mol. The number of fused-ring (bicyclic) bond motifs is 9. The Balaban J connectivity index is 1.08. The van der Waals surface area contributed by atoms with E-state index in [9.17, 15) is 0 Å². The number of para-hydroxylation sites is 1. The Morgan fingerprint density at radius 3 is 1.80 bits per heavy atom. The molecule has 1 unspecified atom stereocenters. The lowest BCUT2D eigenvalue weighted by molar-refractivity contribution is 0.869. The van der Waals surface area contributed by atoms with E-state index in [0.29, 0.717) is 5.92 Å². The molecule has 2 heteroatoms. The molecule has 0 saturated heterocycles. The van der Waals surface area contributed by atoms with Gasteiger partial charge in [0.25, 0.3) is 0 Å². The molecule has 1 atom stereocenters. The van der Waals surface area contributed by atoms with Crippen LogP contribution in [0.4, 0.5) is 0 Å². The minimum atomic E-state index is 0.298. The summed E-state index contributed by atoms with van der Waals surface area (Å²) in [7, 11) is 0. The smallest absolute Gasteiger partial charge is 0.0702 e. The Labute approximate surface area is 284 Å². The second-order valence-electron chi connectivity index (χ2n) is 13.1. The molecule has 0 saturated carbocycles. The number of nitrogens with zero attached hydrogens (tertiary/aromatic N) is 2. The highest BCUT2D eigenvalue weighted by molar-refractivity contribution is 6.25. The SMILES string of the molecule is C1=CC(c2ccc3c4ccccc4c4ccccc4c3c2)CC(c2ccc3c(c2)c2cc(-c4ccccn4)ccc2n3-c2ccccc2)=C1. The van der Waals surface area contributed by atoms with Gasteiger partial charge in [-0.1, -0.05) is 115 Å². The highest BCUT2D eigenvalue weighted by Crippen LogP contribution is 2.41. The number of aromatic nitrogens is 2. The maximum Gasteiger partial charge on any atom is 0.0702 e. The fraction of sp³-hybridized carbons (Fsp3) is 0.0426. The summed E-state index contributed by atoms with van der Waals surface area (Å²) in [6.45, 7) is 0. The van der Waals surface area contributed by atoms with Gasteiger partial charge in [-0.3, -0.25) is 4.98 Å². The summed E-state index contributed by atoms with van der Waals surface area (Å²) in [6, 6.07) is 55.3. The zero-order valence-electron chi connectivity index (χ0n) is 26.9. The fourth-order valence-corrected chi connectivity index (χ4v) is 8.05. The Hall–Kier alpha value is -6.25. The number of hydrogen-bond donors (Lipinski definition) is 0. The minimum absolute atomic E-state index is 0.298. The molecule has 230 valence electrons. The van der Waals surface area contributed by atoms with Crippen molar-refractivity contribution >= 4 is 59.7 Å². The van der Waals surface area contributed by atoms with Crippen LogP contribution in [0.5, 0.6) is 0 Å². The molecule has 0 spiro atoms. The zero-order chi connectivity index (χ0) is 32.3. The summed E-state index contributed by atoms with van der Waals surface area (Å²) in [6.07, 6.45) is 9.74. The van der Waals surface area contributed by atoms with E-state index in [1.165, 1.54) is 70.8 Å². The summed E-state index contributed by atoms with van der Waals surface area (Å²) >= 11 is 0. The Bertz CT molecular complexity index is 2750. The zero-order valence-corrected chi connectivity index (χ0v) is 26.9. The standard InChI is InChI=1S/C47H32N2/c1-2-13-36(14-3-1)49-46-24-21-34(29-43(46)44-30-35(22-25-47(44)49)45-19-8-9-26-48-45)32-12-10-11-31(27-32)33-20-23-41-39-17-5-4-15-37(39)38-16-6-7-18-40(38)42(41)28-33/h1-26,28-31H,27H2. The molecule has 2 nitrogen and oxygen atoms in total. The Kier molecular flexibility index (Phi) is 6.35. The van der Waals surface area contributed by atoms with Gasteiger partial charge in [-0.05, 0) is 110 Å². The van der Waals surface area contributed by atoms with Gasteiger partial charge < -0.3 is 4.57 Å². The summed E-state index contributed by atoms with van der Waals surface area (Å²) in [5.74, 6) is 0.298. The van der Waals surface area contributed by atoms with E-state index < -0.39 is 0 Å². The monoisotopic (exact) mass is 624 g/mol. The van der Waals surface area contributed by atoms with Crippen LogP contribution in [0.25, 0.3) is 76.6 Å². The molecule has 2 heterocycles. The second kappa shape index (κ2) is 11.2. The predicted octanol–water partition coefficient (Wildman–Crippen LogP) is 12.4. The van der Waals surface area contributed by atoms with E-state index in [1.54, 1.807) is 0 Å². The molecule has 10 rings (SSSR count). The van der Waals surface area contributed by atoms with E-state index in [-0.39, 0.29) is 0 Å². The van der Waals surface area contributed by atoms with Crippen molar-refractivity contribution in [1.82, 2.24) is 9.55 Å². The number of pyridine rings is 1. The molecule has 0 radical (unpaired) electrons. The van der Waals surface area contributed by atoms with Crippen LogP contribution in [0.2, 0.25) is 0 Å². The van der Waals surface area contributed by atoms with Gasteiger partial charge in [0, 0.05) is 34.1 Å². The molecule has 2 aromatic heterocycles. The summed E-state index contributed by atoms with van der Waals surface area (Å²) in [5.41, 5.74) is 9.68. The van der Waals surface area contributed by atoms with Crippen molar-refractivity contribution in [2.75, 3.05) is 0 Å². The van der Waals surface area contributed by atoms with E-state index >= 15 is 0 Å². The third kappa shape index (κ3) is 4.52. The third-order valence-electron chi connectivity index (χ3n) is 10.4. The first kappa shape index (κ1) is 27.8. The lowest BCUT2D eigenvalue weighted by atomic mass is 9.83. The second-order valence-corrected chi connectivity index (χ2v) is 13.1. The molecule has 0 bridgehead atoms. The molecule has 49 heavy (non-hydrogen) atoms. The van der Waals surface area contributed by atoms with Gasteiger partial charge in [-0.15, -0.1) is 0 Å². The van der Waals surface area contributed by atoms with Gasteiger partial charge in [-0.2, -0.15) is 0 Å². The molecule has 9 aromatic rings. The molecular weight excluding hydrogens is 593 g/mol. The molecule has 1 aliphatic carbocycles. The number of benzene rings is 7. The van der Waals surface area contributed by atoms with Gasteiger partial charge in [0.1, 0.15) is 0 Å². The first-order chi connectivity index (χ1) is 24.3. The minimum Gasteiger partial charge on any atom is -0.309 e. The third-order valence-corrected chi connectivity index (χ3v) is 10.4. The van der Waals surface area contributed by atoms with Crippen molar-refractivity contribution in [1.29, 1.82) is 0 Å². The van der Waals surface area contributed by atoms with Crippen LogP contribution in [0.1, 0.15) is 23.5 Å². The Morgan fingerprint density at radius 2 is 1.10 bits per heavy atom. The number of allylic oxidation sites excluding steroid dienone is 4. The average Bonchev–Trinajstić information content (AvgIpc) is 3.51. The van der Waals surface area contributed by atoms with Crippen LogP contribution < -0.4 is 0 Å². The van der Waals surface area contributed by atoms with Crippen molar-refractivity contribution in [2.24, 2.45) is 0 Å². The maximum atomic E-state index is 4.66. The highest BCUT2D eigenvalue weighted by Gasteiger charge is 2.19. The van der Waals surface area contributed by atoms with E-state index in [0.717, 1.165) is 23.4 Å². The lowest BCUT2D eigenvalue weighted by Crippen LogP contribution is -2.01. The largest absolute Gasteiger partial charge is 0.309 e. The van der Waals surface area contributed by atoms with Crippen LogP contribution in [-0.4, -0.2) is 9.55 Å². The molecule has 0 N–H and O–H groups in total. The van der Waals surface area contributed by atoms with E-state index in [4.69, 9.17) is 0 Å². The average molecular weight is 625 g/mol. The van der Waals surface area contributed by atoms with Gasteiger partial charge in [-0.25, -0.2) is 0 Å². The maximum absolute atomic E-state index is 4.66. The first-order valence-electron chi connectivity index (χ1n) is 17.1.